The number of likely N-dealkylation sites (tertiary alicyclic amines) is 1. The molecule has 3 aromatic carbocycles. The number of carbonyl (C=O) groups excluding carboxylic acids is 2. The number of carboxylic acids is 1. The maximum Gasteiger partial charge on any atom is 0.336 e. The minimum atomic E-state index is -1.24. The second kappa shape index (κ2) is 18.8. The molecule has 2 aliphatic rings. The molecule has 6 rings (SSSR count). The molecular formula is C39H49Cl2N9O5. The number of aromatic nitrogens is 2. The monoisotopic (exact) mass is 793 g/mol. The van der Waals surface area contributed by atoms with E-state index in [0.29, 0.717) is 59.5 Å². The van der Waals surface area contributed by atoms with Crippen molar-refractivity contribution in [3.63, 3.8) is 0 Å². The van der Waals surface area contributed by atoms with E-state index in [2.05, 4.69) is 5.32 Å². The Balaban J connectivity index is 0.00000336. The molecule has 1 saturated carbocycles. The molecular weight excluding hydrogens is 745 g/mol. The molecule has 0 radical (unpaired) electrons. The predicted molar refractivity (Wildman–Crippen MR) is 217 cm³/mol. The molecule has 2 amide bonds. The number of aromatic carboxylic acids is 1. The van der Waals surface area contributed by atoms with Gasteiger partial charge < -0.3 is 41.0 Å². The van der Waals surface area contributed by atoms with Gasteiger partial charge in [0.05, 0.1) is 28.7 Å². The number of halogens is 2. The number of imidazole rings is 1. The third kappa shape index (κ3) is 9.49. The largest absolute Gasteiger partial charge is 0.490 e. The Morgan fingerprint density at radius 1 is 0.945 bits per heavy atom. The van der Waals surface area contributed by atoms with Crippen LogP contribution in [-0.2, 0) is 11.3 Å². The number of guanidine groups is 1. The molecule has 1 unspecified atom stereocenters. The summed E-state index contributed by atoms with van der Waals surface area (Å²) >= 11 is 0. The lowest BCUT2D eigenvalue weighted by molar-refractivity contribution is -0.123. The molecule has 1 aromatic heterocycles. The van der Waals surface area contributed by atoms with E-state index in [-0.39, 0.29) is 60.3 Å². The molecule has 4 aromatic rings. The fraction of sp³-hybridized carbons (Fsp3) is 0.385. The third-order valence-electron chi connectivity index (χ3n) is 10.2. The van der Waals surface area contributed by atoms with Crippen LogP contribution in [0.3, 0.4) is 0 Å². The Morgan fingerprint density at radius 2 is 1.60 bits per heavy atom. The van der Waals surface area contributed by atoms with Crippen molar-refractivity contribution >= 4 is 71.1 Å². The summed E-state index contributed by atoms with van der Waals surface area (Å²) in [5, 5.41) is 29.2. The number of nitrogens with one attached hydrogen (secondary N) is 3. The summed E-state index contributed by atoms with van der Waals surface area (Å²) in [4.78, 5) is 48.5. The van der Waals surface area contributed by atoms with Crippen LogP contribution in [0, 0.1) is 16.7 Å². The van der Waals surface area contributed by atoms with Crippen LogP contribution in [0.25, 0.3) is 11.0 Å². The van der Waals surface area contributed by atoms with Gasteiger partial charge in [-0.05, 0) is 80.3 Å². The number of anilines is 1. The second-order valence-electron chi connectivity index (χ2n) is 13.7. The average Bonchev–Trinajstić information content (AvgIpc) is 3.51. The first-order chi connectivity index (χ1) is 25.5. The van der Waals surface area contributed by atoms with Crippen molar-refractivity contribution in [2.75, 3.05) is 24.5 Å². The summed E-state index contributed by atoms with van der Waals surface area (Å²) in [6, 6.07) is 17.5. The highest BCUT2D eigenvalue weighted by atomic mass is 35.5. The van der Waals surface area contributed by atoms with E-state index < -0.39 is 23.8 Å². The van der Waals surface area contributed by atoms with Gasteiger partial charge >= 0.3 is 5.97 Å². The van der Waals surface area contributed by atoms with Crippen molar-refractivity contribution in [1.29, 1.82) is 10.8 Å². The zero-order valence-electron chi connectivity index (χ0n) is 30.7. The SMILES string of the molecule is CCNC(=N)N1CCC(Oc2ccc(N(Cc3nc4cc(C(=N)N)ccc4n3C(C(N)=O)C3CCCCC3)C(=O)c3ccccc3C(=O)O)cc2)CC1.Cl.Cl. The molecule has 16 heteroatoms. The van der Waals surface area contributed by atoms with Gasteiger partial charge in [-0.15, -0.1) is 24.8 Å². The normalized spacial score (nSPS) is 15.3. The number of amidine groups is 1. The van der Waals surface area contributed by atoms with Crippen LogP contribution in [0.5, 0.6) is 5.75 Å². The Labute approximate surface area is 332 Å². The van der Waals surface area contributed by atoms with Crippen molar-refractivity contribution < 1.29 is 24.2 Å². The molecule has 0 bridgehead atoms. The molecule has 55 heavy (non-hydrogen) atoms. The van der Waals surface area contributed by atoms with Gasteiger partial charge in [-0.25, -0.2) is 9.78 Å². The molecule has 1 saturated heterocycles. The lowest BCUT2D eigenvalue weighted by Crippen LogP contribution is -2.46. The third-order valence-corrected chi connectivity index (χ3v) is 10.2. The van der Waals surface area contributed by atoms with E-state index in [0.717, 1.165) is 44.9 Å². The van der Waals surface area contributed by atoms with Gasteiger partial charge in [0.25, 0.3) is 5.91 Å². The molecule has 8 N–H and O–H groups in total. The summed E-state index contributed by atoms with van der Waals surface area (Å²) < 4.78 is 8.13. The number of carboxylic acid groups (broad SMARTS) is 1. The molecule has 2 fully saturated rings. The van der Waals surface area contributed by atoms with E-state index in [1.54, 1.807) is 54.6 Å². The van der Waals surface area contributed by atoms with E-state index in [9.17, 15) is 19.5 Å². The number of ether oxygens (including phenoxy) is 1. The van der Waals surface area contributed by atoms with Crippen LogP contribution < -0.4 is 26.4 Å². The number of rotatable bonds is 12. The summed E-state index contributed by atoms with van der Waals surface area (Å²) in [5.41, 5.74) is 13.9. The number of hydrogen-bond donors (Lipinski definition) is 6. The number of nitrogens with zero attached hydrogens (tertiary/aromatic N) is 4. The first-order valence-electron chi connectivity index (χ1n) is 18.2. The number of carbonyl (C=O) groups is 3. The quantitative estimate of drug-likeness (QED) is 0.0765. The van der Waals surface area contributed by atoms with Gasteiger partial charge in [-0.3, -0.25) is 20.4 Å². The van der Waals surface area contributed by atoms with Crippen molar-refractivity contribution in [2.24, 2.45) is 17.4 Å². The van der Waals surface area contributed by atoms with Crippen LogP contribution >= 0.6 is 24.8 Å². The molecule has 14 nitrogen and oxygen atoms in total. The molecule has 1 aliphatic heterocycles. The van der Waals surface area contributed by atoms with Crippen LogP contribution in [0.15, 0.2) is 66.7 Å². The highest BCUT2D eigenvalue weighted by molar-refractivity contribution is 6.12. The average molecular weight is 795 g/mol. The smallest absolute Gasteiger partial charge is 0.336 e. The highest BCUT2D eigenvalue weighted by Gasteiger charge is 2.34. The Morgan fingerprint density at radius 3 is 2.20 bits per heavy atom. The van der Waals surface area contributed by atoms with E-state index in [1.807, 2.05) is 16.4 Å². The first kappa shape index (κ1) is 42.4. The number of fused-ring (bicyclic) bond motifs is 1. The summed E-state index contributed by atoms with van der Waals surface area (Å²) in [5.74, 6) is -1.08. The Kier molecular flexibility index (Phi) is 14.5. The number of nitrogens with two attached hydrogens (primary N) is 2. The maximum atomic E-state index is 14.5. The van der Waals surface area contributed by atoms with Crippen molar-refractivity contribution in [3.8, 4) is 5.75 Å². The van der Waals surface area contributed by atoms with Crippen LogP contribution in [0.1, 0.15) is 90.0 Å². The zero-order chi connectivity index (χ0) is 37.6. The van der Waals surface area contributed by atoms with Gasteiger partial charge in [-0.1, -0.05) is 31.4 Å². The van der Waals surface area contributed by atoms with E-state index in [4.69, 9.17) is 32.0 Å². The number of piperidine rings is 1. The van der Waals surface area contributed by atoms with Gasteiger partial charge in [0.15, 0.2) is 5.96 Å². The second-order valence-corrected chi connectivity index (χ2v) is 13.7. The standard InChI is InChI=1S/C39H47N9O5.2ClH/c1-2-44-39(43)46-20-18-28(19-21-46)53-27-15-13-26(14-16-27)47(37(50)29-10-6-7-11-30(29)38(51)52)23-33-45-31-22-25(35(40)41)12-17-32(31)48(33)34(36(42)49)24-8-4-3-5-9-24;;/h6-7,10-17,22,24,28,34H,2-5,8-9,18-21,23H2,1H3,(H3,40,41)(H2,42,49)(H2,43,44)(H,51,52);2*1H. The van der Waals surface area contributed by atoms with E-state index >= 15 is 0 Å². The summed E-state index contributed by atoms with van der Waals surface area (Å²) in [6.45, 7) is 3.92. The molecule has 2 heterocycles. The number of hydrogen-bond acceptors (Lipinski definition) is 7. The number of amides is 2. The Hall–Kier alpha value is -5.34. The van der Waals surface area contributed by atoms with Crippen molar-refractivity contribution in [3.05, 3.63) is 89.2 Å². The lowest BCUT2D eigenvalue weighted by atomic mass is 9.83. The molecule has 0 spiro atoms. The summed E-state index contributed by atoms with van der Waals surface area (Å²) in [7, 11) is 0. The number of nitrogen functional groups attached to an aromatic ring is 1. The predicted octanol–water partition coefficient (Wildman–Crippen LogP) is 5.70. The molecule has 1 aliphatic carbocycles. The number of benzene rings is 3. The minimum Gasteiger partial charge on any atom is -0.490 e. The van der Waals surface area contributed by atoms with Gasteiger partial charge in [0.1, 0.15) is 29.6 Å². The summed E-state index contributed by atoms with van der Waals surface area (Å²) in [6.07, 6.45) is 6.08. The minimum absolute atomic E-state index is 0. The van der Waals surface area contributed by atoms with Gasteiger partial charge in [0, 0.05) is 43.7 Å². The van der Waals surface area contributed by atoms with Crippen LogP contribution in [0.2, 0.25) is 0 Å². The van der Waals surface area contributed by atoms with Crippen molar-refractivity contribution in [1.82, 2.24) is 19.8 Å². The van der Waals surface area contributed by atoms with Crippen LogP contribution in [0.4, 0.5) is 5.69 Å². The maximum absolute atomic E-state index is 14.5. The lowest BCUT2D eigenvalue weighted by Gasteiger charge is -2.33. The van der Waals surface area contributed by atoms with Gasteiger partial charge in [0.2, 0.25) is 5.91 Å². The first-order valence-corrected chi connectivity index (χ1v) is 18.2. The van der Waals surface area contributed by atoms with Crippen molar-refractivity contribution in [2.45, 2.75) is 70.6 Å². The Bertz CT molecular complexity index is 2010. The van der Waals surface area contributed by atoms with Crippen LogP contribution in [-0.4, -0.2) is 74.9 Å². The molecule has 1 atom stereocenters. The zero-order valence-corrected chi connectivity index (χ0v) is 32.3. The topological polar surface area (TPSA) is 217 Å². The number of primary amides is 1. The highest BCUT2D eigenvalue weighted by Crippen LogP contribution is 2.37. The fourth-order valence-corrected chi connectivity index (χ4v) is 7.56. The molecule has 294 valence electrons. The van der Waals surface area contributed by atoms with Gasteiger partial charge in [-0.2, -0.15) is 0 Å². The van der Waals surface area contributed by atoms with E-state index in [1.165, 1.54) is 17.0 Å². The fourth-order valence-electron chi connectivity index (χ4n) is 7.56.